The summed E-state index contributed by atoms with van der Waals surface area (Å²) >= 11 is 0. The van der Waals surface area contributed by atoms with Crippen molar-refractivity contribution >= 4 is 15.9 Å². The number of carbonyl (C=O) groups is 1. The van der Waals surface area contributed by atoms with Gasteiger partial charge in [0.1, 0.15) is 0 Å². The predicted molar refractivity (Wildman–Crippen MR) is 99.7 cm³/mol. The molecule has 2 heterocycles. The van der Waals surface area contributed by atoms with Gasteiger partial charge >= 0.3 is 0 Å². The summed E-state index contributed by atoms with van der Waals surface area (Å²) < 4.78 is 27.5. The van der Waals surface area contributed by atoms with Crippen LogP contribution in [0.1, 0.15) is 71.1 Å². The van der Waals surface area contributed by atoms with Crippen molar-refractivity contribution in [2.45, 2.75) is 77.2 Å². The van der Waals surface area contributed by atoms with Gasteiger partial charge in [0.2, 0.25) is 15.9 Å². The van der Waals surface area contributed by atoms with E-state index in [9.17, 15) is 13.2 Å². The van der Waals surface area contributed by atoms with E-state index in [-0.39, 0.29) is 17.7 Å². The van der Waals surface area contributed by atoms with Gasteiger partial charge in [-0.3, -0.25) is 4.79 Å². The van der Waals surface area contributed by atoms with Crippen LogP contribution in [0.5, 0.6) is 0 Å². The summed E-state index contributed by atoms with van der Waals surface area (Å²) in [6.45, 7) is 4.54. The minimum Gasteiger partial charge on any atom is -0.342 e. The highest BCUT2D eigenvalue weighted by atomic mass is 32.2. The van der Waals surface area contributed by atoms with E-state index >= 15 is 0 Å². The molecule has 0 N–H and O–H groups in total. The molecular weight excluding hydrogens is 336 g/mol. The third-order valence-electron chi connectivity index (χ3n) is 6.35. The first kappa shape index (κ1) is 19.2. The maximum Gasteiger partial charge on any atom is 0.222 e. The van der Waals surface area contributed by atoms with E-state index in [0.29, 0.717) is 31.2 Å². The number of piperidine rings is 2. The van der Waals surface area contributed by atoms with Gasteiger partial charge in [0.15, 0.2) is 0 Å². The van der Waals surface area contributed by atoms with Gasteiger partial charge in [-0.05, 0) is 56.8 Å². The Hall–Kier alpha value is -0.620. The fourth-order valence-electron chi connectivity index (χ4n) is 5.02. The highest BCUT2D eigenvalue weighted by molar-refractivity contribution is 7.89. The Balaban J connectivity index is 1.50. The predicted octanol–water partition coefficient (Wildman–Crippen LogP) is 3.01. The summed E-state index contributed by atoms with van der Waals surface area (Å²) in [4.78, 5) is 14.3. The van der Waals surface area contributed by atoms with Crippen LogP contribution in [0.3, 0.4) is 0 Å². The molecule has 1 saturated carbocycles. The van der Waals surface area contributed by atoms with Crippen molar-refractivity contribution in [3.8, 4) is 0 Å². The first-order chi connectivity index (χ1) is 12.0. The van der Waals surface area contributed by atoms with Crippen LogP contribution in [0, 0.1) is 11.8 Å². The Morgan fingerprint density at radius 3 is 2.52 bits per heavy atom. The van der Waals surface area contributed by atoms with Crippen molar-refractivity contribution in [1.29, 1.82) is 0 Å². The lowest BCUT2D eigenvalue weighted by atomic mass is 9.79. The van der Waals surface area contributed by atoms with Crippen molar-refractivity contribution in [1.82, 2.24) is 9.21 Å². The number of nitrogens with zero attached hydrogens (tertiary/aromatic N) is 2. The topological polar surface area (TPSA) is 57.7 Å². The first-order valence-corrected chi connectivity index (χ1v) is 11.9. The van der Waals surface area contributed by atoms with Crippen LogP contribution < -0.4 is 0 Å². The molecule has 0 aromatic heterocycles. The van der Waals surface area contributed by atoms with Crippen molar-refractivity contribution in [3.05, 3.63) is 0 Å². The van der Waals surface area contributed by atoms with Gasteiger partial charge < -0.3 is 4.90 Å². The molecule has 1 amide bonds. The zero-order valence-corrected chi connectivity index (χ0v) is 16.5. The van der Waals surface area contributed by atoms with Crippen LogP contribution in [-0.2, 0) is 14.8 Å². The van der Waals surface area contributed by atoms with Gasteiger partial charge in [-0.25, -0.2) is 8.42 Å². The highest BCUT2D eigenvalue weighted by Gasteiger charge is 2.38. The maximum absolute atomic E-state index is 12.9. The lowest BCUT2D eigenvalue weighted by Crippen LogP contribution is -2.50. The van der Waals surface area contributed by atoms with Gasteiger partial charge in [-0.15, -0.1) is 0 Å². The molecule has 3 atom stereocenters. The molecule has 1 aliphatic carbocycles. The van der Waals surface area contributed by atoms with E-state index in [4.69, 9.17) is 0 Å². The fraction of sp³-hybridized carbons (Fsp3) is 0.947. The summed E-state index contributed by atoms with van der Waals surface area (Å²) in [5, 5.41) is 0. The molecule has 0 bridgehead atoms. The summed E-state index contributed by atoms with van der Waals surface area (Å²) in [5.74, 6) is 1.40. The van der Waals surface area contributed by atoms with E-state index < -0.39 is 10.0 Å². The molecule has 0 radical (unpaired) electrons. The molecule has 5 nitrogen and oxygen atoms in total. The number of carbonyl (C=O) groups excluding carboxylic acids is 1. The van der Waals surface area contributed by atoms with Gasteiger partial charge in [-0.2, -0.15) is 4.31 Å². The maximum atomic E-state index is 12.9. The van der Waals surface area contributed by atoms with Gasteiger partial charge in [0.05, 0.1) is 5.75 Å². The monoisotopic (exact) mass is 370 g/mol. The molecule has 144 valence electrons. The van der Waals surface area contributed by atoms with E-state index in [0.717, 1.165) is 38.8 Å². The zero-order valence-electron chi connectivity index (χ0n) is 15.7. The molecule has 0 aromatic carbocycles. The van der Waals surface area contributed by atoms with Crippen LogP contribution in [0.15, 0.2) is 0 Å². The van der Waals surface area contributed by atoms with Crippen molar-refractivity contribution in [3.63, 3.8) is 0 Å². The molecule has 6 heteroatoms. The zero-order chi connectivity index (χ0) is 17.9. The average Bonchev–Trinajstić information content (AvgIpc) is 2.61. The smallest absolute Gasteiger partial charge is 0.222 e. The van der Waals surface area contributed by atoms with Crippen molar-refractivity contribution < 1.29 is 13.2 Å². The van der Waals surface area contributed by atoms with E-state index in [2.05, 4.69) is 6.92 Å². The van der Waals surface area contributed by atoms with Crippen molar-refractivity contribution in [2.24, 2.45) is 11.8 Å². The molecule has 3 rings (SSSR count). The van der Waals surface area contributed by atoms with Crippen LogP contribution >= 0.6 is 0 Å². The Kier molecular flexibility index (Phi) is 6.42. The Morgan fingerprint density at radius 1 is 1.00 bits per heavy atom. The second-order valence-corrected chi connectivity index (χ2v) is 10.4. The van der Waals surface area contributed by atoms with Gasteiger partial charge in [0.25, 0.3) is 0 Å². The summed E-state index contributed by atoms with van der Waals surface area (Å²) in [6, 6.07) is 0.228. The van der Waals surface area contributed by atoms with Crippen molar-refractivity contribution in [2.75, 3.05) is 25.4 Å². The van der Waals surface area contributed by atoms with E-state index in [1.165, 1.54) is 25.7 Å². The number of likely N-dealkylation sites (tertiary alicyclic amines) is 1. The lowest BCUT2D eigenvalue weighted by Gasteiger charge is -2.43. The molecule has 2 saturated heterocycles. The van der Waals surface area contributed by atoms with E-state index in [1.807, 2.05) is 4.90 Å². The second-order valence-electron chi connectivity index (χ2n) is 8.37. The third-order valence-corrected chi connectivity index (χ3v) is 8.32. The third kappa shape index (κ3) is 4.76. The van der Waals surface area contributed by atoms with Crippen LogP contribution in [0.25, 0.3) is 0 Å². The Morgan fingerprint density at radius 2 is 1.72 bits per heavy atom. The molecule has 0 spiro atoms. The number of rotatable bonds is 5. The first-order valence-electron chi connectivity index (χ1n) is 10.2. The van der Waals surface area contributed by atoms with Crippen LogP contribution in [-0.4, -0.2) is 55.0 Å². The number of sulfonamides is 1. The SMILES string of the molecule is CC1CCCN(C(=O)CCCS(=O)(=O)N2CCCC3CCCCC32)C1. The number of fused-ring (bicyclic) bond motifs is 1. The summed E-state index contributed by atoms with van der Waals surface area (Å²) in [5.41, 5.74) is 0. The molecule has 3 fully saturated rings. The lowest BCUT2D eigenvalue weighted by molar-refractivity contribution is -0.132. The number of amides is 1. The fourth-order valence-corrected chi connectivity index (χ4v) is 6.86. The summed E-state index contributed by atoms with van der Waals surface area (Å²) in [7, 11) is -3.23. The van der Waals surface area contributed by atoms with E-state index in [1.54, 1.807) is 4.31 Å². The number of hydrogen-bond acceptors (Lipinski definition) is 3. The summed E-state index contributed by atoms with van der Waals surface area (Å²) in [6.07, 6.45) is 9.87. The van der Waals surface area contributed by atoms with Crippen LogP contribution in [0.2, 0.25) is 0 Å². The molecule has 0 aromatic rings. The Labute approximate surface area is 153 Å². The highest BCUT2D eigenvalue weighted by Crippen LogP contribution is 2.36. The molecule has 25 heavy (non-hydrogen) atoms. The largest absolute Gasteiger partial charge is 0.342 e. The Bertz CT molecular complexity index is 561. The average molecular weight is 371 g/mol. The van der Waals surface area contributed by atoms with Gasteiger partial charge in [0, 0.05) is 32.1 Å². The molecule has 3 aliphatic rings. The molecular formula is C19H34N2O3S. The van der Waals surface area contributed by atoms with Gasteiger partial charge in [-0.1, -0.05) is 19.8 Å². The minimum atomic E-state index is -3.23. The standard InChI is InChI=1S/C19H34N2O3S/c1-16-7-4-12-20(15-16)19(22)11-6-14-25(23,24)21-13-5-9-17-8-2-3-10-18(17)21/h16-18H,2-15H2,1H3. The normalized spacial score (nSPS) is 31.6. The quantitative estimate of drug-likeness (QED) is 0.747. The minimum absolute atomic E-state index is 0.130. The number of hydrogen-bond donors (Lipinski definition) is 0. The molecule has 2 aliphatic heterocycles. The second kappa shape index (κ2) is 8.38. The molecule has 3 unspecified atom stereocenters. The van der Waals surface area contributed by atoms with Crippen LogP contribution in [0.4, 0.5) is 0 Å².